The molecule has 0 spiro atoms. The van der Waals surface area contributed by atoms with Crippen LogP contribution < -0.4 is 5.32 Å². The van der Waals surface area contributed by atoms with Crippen LogP contribution in [0.2, 0.25) is 0 Å². The maximum absolute atomic E-state index is 13.3. The van der Waals surface area contributed by atoms with Gasteiger partial charge in [-0.05, 0) is 39.3 Å². The number of hydrogen-bond donors (Lipinski definition) is 1. The van der Waals surface area contributed by atoms with Crippen LogP contribution in [-0.4, -0.2) is 34.5 Å². The number of hydrogen-bond acceptors (Lipinski definition) is 6. The van der Waals surface area contributed by atoms with Crippen molar-refractivity contribution in [3.8, 4) is 0 Å². The van der Waals surface area contributed by atoms with E-state index in [-0.39, 0.29) is 19.0 Å². The molecule has 0 bridgehead atoms. The van der Waals surface area contributed by atoms with Gasteiger partial charge in [-0.15, -0.1) is 35.1 Å². The van der Waals surface area contributed by atoms with E-state index >= 15 is 0 Å². The van der Waals surface area contributed by atoms with Crippen molar-refractivity contribution < 1.29 is 13.2 Å². The van der Waals surface area contributed by atoms with Crippen molar-refractivity contribution in [2.45, 2.75) is 39.5 Å². The molecule has 2 aromatic rings. The molecular formula is C16H22ClF3N4S2. The molecule has 1 N–H and O–H groups in total. The molecule has 1 saturated heterocycles. The Hall–Kier alpha value is -0.740. The third kappa shape index (κ3) is 5.39. The molecule has 26 heavy (non-hydrogen) atoms. The van der Waals surface area contributed by atoms with Crippen molar-refractivity contribution in [1.29, 1.82) is 0 Å². The van der Waals surface area contributed by atoms with Gasteiger partial charge in [0.15, 0.2) is 5.69 Å². The molecule has 0 saturated carbocycles. The van der Waals surface area contributed by atoms with Gasteiger partial charge in [-0.3, -0.25) is 4.90 Å². The first-order valence-electron chi connectivity index (χ1n) is 8.18. The average molecular weight is 427 g/mol. The van der Waals surface area contributed by atoms with Crippen LogP contribution in [0.3, 0.4) is 0 Å². The fraction of sp³-hybridized carbons (Fsp3) is 0.625. The summed E-state index contributed by atoms with van der Waals surface area (Å²) in [5.41, 5.74) is 2.01. The topological polar surface area (TPSA) is 41.1 Å². The third-order valence-electron chi connectivity index (χ3n) is 4.33. The van der Waals surface area contributed by atoms with E-state index in [9.17, 15) is 13.2 Å². The Morgan fingerprint density at radius 1 is 1.27 bits per heavy atom. The second kappa shape index (κ2) is 8.97. The molecule has 0 radical (unpaired) electrons. The van der Waals surface area contributed by atoms with Crippen molar-refractivity contribution in [1.82, 2.24) is 20.2 Å². The maximum Gasteiger partial charge on any atom is 0.434 e. The van der Waals surface area contributed by atoms with Gasteiger partial charge in [-0.25, -0.2) is 9.97 Å². The molecule has 0 amide bonds. The third-order valence-corrected chi connectivity index (χ3v) is 6.21. The van der Waals surface area contributed by atoms with E-state index in [1.54, 1.807) is 23.8 Å². The zero-order valence-corrected chi connectivity index (χ0v) is 17.0. The van der Waals surface area contributed by atoms with Gasteiger partial charge in [0, 0.05) is 24.5 Å². The summed E-state index contributed by atoms with van der Waals surface area (Å²) in [7, 11) is 0. The van der Waals surface area contributed by atoms with Crippen LogP contribution in [0.15, 0.2) is 5.51 Å². The van der Waals surface area contributed by atoms with Crippen LogP contribution in [0.5, 0.6) is 0 Å². The molecule has 3 rings (SSSR count). The van der Waals surface area contributed by atoms with Crippen LogP contribution in [0.1, 0.15) is 32.6 Å². The number of halogens is 4. The van der Waals surface area contributed by atoms with Gasteiger partial charge in [0.1, 0.15) is 0 Å². The summed E-state index contributed by atoms with van der Waals surface area (Å²) < 4.78 is 39.8. The normalized spacial score (nSPS) is 17.7. The Labute approximate surface area is 165 Å². The van der Waals surface area contributed by atoms with Gasteiger partial charge in [-0.2, -0.15) is 13.2 Å². The first kappa shape index (κ1) is 21.6. The molecule has 1 atom stereocenters. The van der Waals surface area contributed by atoms with Gasteiger partial charge in [-0.1, -0.05) is 0 Å². The smallest absolute Gasteiger partial charge is 0.316 e. The standard InChI is InChI=1S/C16H21F3N4S2.ClH/c1-10-13(24-9-21-10)7-23(6-12-3-4-20-5-12)8-14-15(16(17,18)19)22-11(2)25-14;/h9,12,20H,3-8H2,1-2H3;1H. The lowest BCUT2D eigenvalue weighted by molar-refractivity contribution is -0.141. The van der Waals surface area contributed by atoms with Crippen molar-refractivity contribution in [3.05, 3.63) is 31.7 Å². The predicted octanol–water partition coefficient (Wildman–Crippen LogP) is 4.27. The summed E-state index contributed by atoms with van der Waals surface area (Å²) >= 11 is 2.70. The van der Waals surface area contributed by atoms with Crippen LogP contribution in [0.25, 0.3) is 0 Å². The molecule has 146 valence electrons. The highest BCUT2D eigenvalue weighted by Crippen LogP contribution is 2.35. The number of aromatic nitrogens is 2. The summed E-state index contributed by atoms with van der Waals surface area (Å²) in [5.74, 6) is 0.469. The monoisotopic (exact) mass is 426 g/mol. The minimum atomic E-state index is -4.40. The molecule has 1 unspecified atom stereocenters. The predicted molar refractivity (Wildman–Crippen MR) is 101 cm³/mol. The molecule has 2 aromatic heterocycles. The van der Waals surface area contributed by atoms with Crippen molar-refractivity contribution in [2.24, 2.45) is 5.92 Å². The van der Waals surface area contributed by atoms with Crippen LogP contribution in [-0.2, 0) is 19.3 Å². The van der Waals surface area contributed by atoms with Crippen molar-refractivity contribution in [2.75, 3.05) is 19.6 Å². The second-order valence-electron chi connectivity index (χ2n) is 6.39. The highest BCUT2D eigenvalue weighted by molar-refractivity contribution is 7.11. The van der Waals surface area contributed by atoms with E-state index in [0.29, 0.717) is 22.3 Å². The summed E-state index contributed by atoms with van der Waals surface area (Å²) in [4.78, 5) is 11.5. The lowest BCUT2D eigenvalue weighted by Crippen LogP contribution is -2.30. The van der Waals surface area contributed by atoms with Crippen LogP contribution >= 0.6 is 35.1 Å². The van der Waals surface area contributed by atoms with Crippen molar-refractivity contribution >= 4 is 35.1 Å². The van der Waals surface area contributed by atoms with Crippen LogP contribution in [0, 0.1) is 19.8 Å². The fourth-order valence-corrected chi connectivity index (χ4v) is 4.92. The first-order chi connectivity index (χ1) is 11.8. The van der Waals surface area contributed by atoms with Crippen molar-refractivity contribution in [3.63, 3.8) is 0 Å². The maximum atomic E-state index is 13.3. The highest BCUT2D eigenvalue weighted by atomic mass is 35.5. The van der Waals surface area contributed by atoms with E-state index in [0.717, 1.165) is 48.0 Å². The van der Waals surface area contributed by atoms with E-state index in [1.165, 1.54) is 0 Å². The summed E-state index contributed by atoms with van der Waals surface area (Å²) in [6, 6.07) is 0. The number of aryl methyl sites for hydroxylation is 2. The molecule has 0 aliphatic carbocycles. The number of alkyl halides is 3. The minimum Gasteiger partial charge on any atom is -0.316 e. The zero-order chi connectivity index (χ0) is 18.0. The molecule has 4 nitrogen and oxygen atoms in total. The van der Waals surface area contributed by atoms with E-state index in [1.807, 2.05) is 6.92 Å². The van der Waals surface area contributed by atoms with E-state index in [4.69, 9.17) is 0 Å². The SMILES string of the molecule is Cc1nc(C(F)(F)F)c(CN(Cc2scnc2C)CC2CCNC2)s1.Cl. The largest absolute Gasteiger partial charge is 0.434 e. The number of nitrogens with zero attached hydrogens (tertiary/aromatic N) is 3. The van der Waals surface area contributed by atoms with E-state index in [2.05, 4.69) is 20.2 Å². The Kier molecular flexibility index (Phi) is 7.43. The Bertz CT molecular complexity index is 711. The molecule has 1 aliphatic heterocycles. The average Bonchev–Trinajstić information content (AvgIpc) is 3.22. The molecule has 1 aliphatic rings. The quantitative estimate of drug-likeness (QED) is 0.749. The lowest BCUT2D eigenvalue weighted by atomic mass is 10.1. The zero-order valence-electron chi connectivity index (χ0n) is 14.6. The summed E-state index contributed by atoms with van der Waals surface area (Å²) in [6.07, 6.45) is -3.34. The van der Waals surface area contributed by atoms with Gasteiger partial charge in [0.2, 0.25) is 0 Å². The Morgan fingerprint density at radius 2 is 2.00 bits per heavy atom. The first-order valence-corrected chi connectivity index (χ1v) is 9.88. The van der Waals surface area contributed by atoms with E-state index < -0.39 is 11.9 Å². The number of rotatable bonds is 6. The van der Waals surface area contributed by atoms with Gasteiger partial charge >= 0.3 is 6.18 Å². The summed E-state index contributed by atoms with van der Waals surface area (Å²) in [5, 5.41) is 3.78. The molecule has 10 heteroatoms. The summed E-state index contributed by atoms with van der Waals surface area (Å²) in [6.45, 7) is 7.15. The Balaban J connectivity index is 0.00000243. The van der Waals surface area contributed by atoms with Gasteiger partial charge < -0.3 is 5.32 Å². The Morgan fingerprint density at radius 3 is 2.58 bits per heavy atom. The van der Waals surface area contributed by atoms with Gasteiger partial charge in [0.25, 0.3) is 0 Å². The number of thiazole rings is 2. The van der Waals surface area contributed by atoms with Gasteiger partial charge in [0.05, 0.1) is 21.1 Å². The number of nitrogens with one attached hydrogen (secondary N) is 1. The second-order valence-corrected chi connectivity index (χ2v) is 8.62. The molecule has 1 fully saturated rings. The molecular weight excluding hydrogens is 405 g/mol. The fourth-order valence-electron chi connectivity index (χ4n) is 3.10. The molecule has 0 aromatic carbocycles. The minimum absolute atomic E-state index is 0. The highest BCUT2D eigenvalue weighted by Gasteiger charge is 2.37. The molecule has 3 heterocycles. The van der Waals surface area contributed by atoms with Crippen LogP contribution in [0.4, 0.5) is 13.2 Å². The lowest BCUT2D eigenvalue weighted by Gasteiger charge is -2.25.